The van der Waals surface area contributed by atoms with Gasteiger partial charge in [0.2, 0.25) is 5.91 Å². The molecule has 0 radical (unpaired) electrons. The molecule has 4 rings (SSSR count). The molecule has 0 saturated heterocycles. The van der Waals surface area contributed by atoms with Gasteiger partial charge in [-0.3, -0.25) is 9.59 Å². The van der Waals surface area contributed by atoms with Gasteiger partial charge < -0.3 is 23.8 Å². The van der Waals surface area contributed by atoms with Gasteiger partial charge in [-0.25, -0.2) is 0 Å². The van der Waals surface area contributed by atoms with Crippen LogP contribution in [0.15, 0.2) is 66.9 Å². The molecule has 0 aliphatic carbocycles. The van der Waals surface area contributed by atoms with Crippen molar-refractivity contribution in [3.05, 3.63) is 83.7 Å². The van der Waals surface area contributed by atoms with Crippen molar-refractivity contribution < 1.29 is 19.1 Å². The summed E-state index contributed by atoms with van der Waals surface area (Å²) in [6.45, 7) is 3.80. The molecule has 2 amide bonds. The molecule has 7 heteroatoms. The van der Waals surface area contributed by atoms with Gasteiger partial charge in [0, 0.05) is 43.2 Å². The number of rotatable bonds is 8. The Morgan fingerprint density at radius 3 is 2.32 bits per heavy atom. The maximum absolute atomic E-state index is 13.7. The Morgan fingerprint density at radius 1 is 0.971 bits per heavy atom. The highest BCUT2D eigenvalue weighted by atomic mass is 16.5. The molecule has 0 fully saturated rings. The summed E-state index contributed by atoms with van der Waals surface area (Å²) in [5, 5.41) is 0. The number of nitrogens with zero attached hydrogens (tertiary/aromatic N) is 3. The summed E-state index contributed by atoms with van der Waals surface area (Å²) < 4.78 is 12.8. The lowest BCUT2D eigenvalue weighted by Gasteiger charge is -2.38. The number of carbonyl (C=O) groups is 2. The van der Waals surface area contributed by atoms with E-state index in [9.17, 15) is 9.59 Å². The third-order valence-electron chi connectivity index (χ3n) is 6.18. The zero-order chi connectivity index (χ0) is 24.1. The van der Waals surface area contributed by atoms with Crippen molar-refractivity contribution in [2.75, 3.05) is 33.9 Å². The van der Waals surface area contributed by atoms with Gasteiger partial charge >= 0.3 is 0 Å². The second-order valence-electron chi connectivity index (χ2n) is 8.35. The van der Waals surface area contributed by atoms with Crippen LogP contribution in [0, 0.1) is 0 Å². The molecule has 0 bridgehead atoms. The molecule has 1 aromatic heterocycles. The minimum atomic E-state index is -0.218. The van der Waals surface area contributed by atoms with Crippen molar-refractivity contribution in [2.45, 2.75) is 25.9 Å². The first-order valence-corrected chi connectivity index (χ1v) is 11.6. The minimum Gasteiger partial charge on any atom is -0.497 e. The van der Waals surface area contributed by atoms with E-state index in [2.05, 4.69) is 16.8 Å². The summed E-state index contributed by atoms with van der Waals surface area (Å²) in [6, 6.07) is 19.0. The molecule has 0 saturated carbocycles. The molecule has 7 nitrogen and oxygen atoms in total. The Balaban J connectivity index is 1.61. The lowest BCUT2D eigenvalue weighted by Crippen LogP contribution is -2.48. The maximum atomic E-state index is 13.7. The SMILES string of the molecule is CCCN(CC(=O)N1CCn2cccc2C1c1ccccc1)C(=O)c1cc(OC)cc(OC)c1. The average Bonchev–Trinajstić information content (AvgIpc) is 3.36. The fourth-order valence-corrected chi connectivity index (χ4v) is 4.53. The van der Waals surface area contributed by atoms with Crippen LogP contribution in [-0.2, 0) is 11.3 Å². The highest BCUT2D eigenvalue weighted by Gasteiger charge is 2.33. The zero-order valence-electron chi connectivity index (χ0n) is 19.9. The van der Waals surface area contributed by atoms with Gasteiger partial charge in [-0.1, -0.05) is 37.3 Å². The molecule has 1 unspecified atom stereocenters. The van der Waals surface area contributed by atoms with Crippen molar-refractivity contribution in [1.29, 1.82) is 0 Å². The lowest BCUT2D eigenvalue weighted by atomic mass is 10.00. The van der Waals surface area contributed by atoms with E-state index in [1.54, 1.807) is 37.3 Å². The van der Waals surface area contributed by atoms with E-state index in [4.69, 9.17) is 9.47 Å². The van der Waals surface area contributed by atoms with Crippen molar-refractivity contribution in [3.63, 3.8) is 0 Å². The van der Waals surface area contributed by atoms with Crippen LogP contribution < -0.4 is 9.47 Å². The number of aromatic nitrogens is 1. The third-order valence-corrected chi connectivity index (χ3v) is 6.18. The fraction of sp³-hybridized carbons (Fsp3) is 0.333. The molecule has 0 N–H and O–H groups in total. The number of carbonyl (C=O) groups excluding carboxylic acids is 2. The number of amides is 2. The molecular weight excluding hydrogens is 430 g/mol. The number of ether oxygens (including phenoxy) is 2. The largest absolute Gasteiger partial charge is 0.497 e. The maximum Gasteiger partial charge on any atom is 0.254 e. The van der Waals surface area contributed by atoms with Crippen LogP contribution in [0.1, 0.15) is 41.0 Å². The van der Waals surface area contributed by atoms with Crippen LogP contribution in [0.3, 0.4) is 0 Å². The smallest absolute Gasteiger partial charge is 0.254 e. The first-order valence-electron chi connectivity index (χ1n) is 11.6. The van der Waals surface area contributed by atoms with Crippen LogP contribution in [0.4, 0.5) is 0 Å². The van der Waals surface area contributed by atoms with Gasteiger partial charge in [-0.15, -0.1) is 0 Å². The van der Waals surface area contributed by atoms with Crippen molar-refractivity contribution in [3.8, 4) is 11.5 Å². The van der Waals surface area contributed by atoms with E-state index in [-0.39, 0.29) is 24.4 Å². The summed E-state index contributed by atoms with van der Waals surface area (Å²) in [6.07, 6.45) is 2.79. The fourth-order valence-electron chi connectivity index (χ4n) is 4.53. The van der Waals surface area contributed by atoms with Crippen LogP contribution >= 0.6 is 0 Å². The van der Waals surface area contributed by atoms with E-state index >= 15 is 0 Å². The molecule has 2 aromatic carbocycles. The summed E-state index contributed by atoms with van der Waals surface area (Å²) in [5.41, 5.74) is 2.57. The number of hydrogen-bond acceptors (Lipinski definition) is 4. The second kappa shape index (κ2) is 10.5. The lowest BCUT2D eigenvalue weighted by molar-refractivity contribution is -0.134. The van der Waals surface area contributed by atoms with E-state index < -0.39 is 0 Å². The molecular formula is C27H31N3O4. The topological polar surface area (TPSA) is 64.0 Å². The Hall–Kier alpha value is -3.74. The molecule has 34 heavy (non-hydrogen) atoms. The zero-order valence-corrected chi connectivity index (χ0v) is 19.9. The number of fused-ring (bicyclic) bond motifs is 1. The highest BCUT2D eigenvalue weighted by molar-refractivity contribution is 5.97. The van der Waals surface area contributed by atoms with E-state index in [1.165, 1.54) is 0 Å². The number of hydrogen-bond donors (Lipinski definition) is 0. The summed E-state index contributed by atoms with van der Waals surface area (Å²) >= 11 is 0. The highest BCUT2D eigenvalue weighted by Crippen LogP contribution is 2.32. The second-order valence-corrected chi connectivity index (χ2v) is 8.35. The van der Waals surface area contributed by atoms with Gasteiger partial charge in [0.1, 0.15) is 18.0 Å². The summed E-state index contributed by atoms with van der Waals surface area (Å²) in [7, 11) is 3.10. The van der Waals surface area contributed by atoms with Gasteiger partial charge in [0.25, 0.3) is 5.91 Å². The van der Waals surface area contributed by atoms with E-state index in [0.29, 0.717) is 30.2 Å². The van der Waals surface area contributed by atoms with Crippen molar-refractivity contribution in [2.24, 2.45) is 0 Å². The summed E-state index contributed by atoms with van der Waals surface area (Å²) in [5.74, 6) is 0.778. The standard InChI is InChI=1S/C27H31N3O4/c1-4-12-29(27(32)21-16-22(33-2)18-23(17-21)34-3)19-25(31)30-15-14-28-13-8-11-24(28)26(30)20-9-6-5-7-10-20/h5-11,13,16-18,26H,4,12,14-15,19H2,1-3H3. The molecule has 1 aliphatic heterocycles. The Kier molecular flexibility index (Phi) is 7.21. The Morgan fingerprint density at radius 2 is 1.68 bits per heavy atom. The number of benzene rings is 2. The van der Waals surface area contributed by atoms with Gasteiger partial charge in [-0.05, 0) is 36.2 Å². The van der Waals surface area contributed by atoms with E-state index in [0.717, 1.165) is 24.2 Å². The molecule has 3 aromatic rings. The van der Waals surface area contributed by atoms with Gasteiger partial charge in [-0.2, -0.15) is 0 Å². The monoisotopic (exact) mass is 461 g/mol. The average molecular weight is 462 g/mol. The Labute approximate surface area is 200 Å². The Bertz CT molecular complexity index is 1120. The first-order chi connectivity index (χ1) is 16.5. The van der Waals surface area contributed by atoms with E-state index in [1.807, 2.05) is 48.2 Å². The van der Waals surface area contributed by atoms with Crippen molar-refractivity contribution >= 4 is 11.8 Å². The number of methoxy groups -OCH3 is 2. The van der Waals surface area contributed by atoms with Crippen LogP contribution in [0.25, 0.3) is 0 Å². The van der Waals surface area contributed by atoms with Crippen LogP contribution in [0.2, 0.25) is 0 Å². The van der Waals surface area contributed by atoms with Crippen molar-refractivity contribution in [1.82, 2.24) is 14.4 Å². The molecule has 1 atom stereocenters. The summed E-state index contributed by atoms with van der Waals surface area (Å²) in [4.78, 5) is 30.6. The predicted molar refractivity (Wildman–Crippen MR) is 130 cm³/mol. The quantitative estimate of drug-likeness (QED) is 0.509. The molecule has 0 spiro atoms. The normalized spacial score (nSPS) is 14.9. The van der Waals surface area contributed by atoms with Gasteiger partial charge in [0.15, 0.2) is 0 Å². The molecule has 178 valence electrons. The molecule has 2 heterocycles. The van der Waals surface area contributed by atoms with Crippen LogP contribution in [0.5, 0.6) is 11.5 Å². The minimum absolute atomic E-state index is 0.0102. The first kappa shape index (κ1) is 23.4. The van der Waals surface area contributed by atoms with Crippen LogP contribution in [-0.4, -0.2) is 60.0 Å². The predicted octanol–water partition coefficient (Wildman–Crippen LogP) is 3.99. The molecule has 1 aliphatic rings. The third kappa shape index (κ3) is 4.78. The van der Waals surface area contributed by atoms with Gasteiger partial charge in [0.05, 0.1) is 20.3 Å².